The Labute approximate surface area is 129 Å². The van der Waals surface area contributed by atoms with Crippen LogP contribution in [0.5, 0.6) is 0 Å². The van der Waals surface area contributed by atoms with Crippen LogP contribution in [0.25, 0.3) is 0 Å². The molecule has 0 bridgehead atoms. The minimum absolute atomic E-state index is 0.0517. The summed E-state index contributed by atoms with van der Waals surface area (Å²) in [5, 5.41) is 2.62. The van der Waals surface area contributed by atoms with Crippen molar-refractivity contribution in [2.45, 2.75) is 6.92 Å². The number of carbonyl (C=O) groups excluding carboxylic acids is 2. The third-order valence-corrected chi connectivity index (χ3v) is 4.11. The van der Waals surface area contributed by atoms with E-state index in [9.17, 15) is 14.0 Å². The molecule has 1 saturated heterocycles. The van der Waals surface area contributed by atoms with E-state index in [0.717, 1.165) is 0 Å². The molecule has 1 N–H and O–H groups in total. The predicted octanol–water partition coefficient (Wildman–Crippen LogP) is 1.21. The Kier molecular flexibility index (Phi) is 5.13. The SMILES string of the molecule is CNC(=O)[C@@H]1CN(C(=O)c2ccc(C)c(F)c2)C[C@H]1COC. The Morgan fingerprint density at radius 1 is 1.41 bits per heavy atom. The lowest BCUT2D eigenvalue weighted by molar-refractivity contribution is -0.125. The van der Waals surface area contributed by atoms with Crippen LogP contribution in [0.15, 0.2) is 18.2 Å². The molecule has 1 fully saturated rings. The van der Waals surface area contributed by atoms with E-state index in [1.54, 1.807) is 38.1 Å². The number of hydrogen-bond donors (Lipinski definition) is 1. The summed E-state index contributed by atoms with van der Waals surface area (Å²) in [7, 11) is 3.15. The van der Waals surface area contributed by atoms with Gasteiger partial charge in [0.15, 0.2) is 0 Å². The molecule has 0 unspecified atom stereocenters. The van der Waals surface area contributed by atoms with Gasteiger partial charge in [0.1, 0.15) is 5.82 Å². The smallest absolute Gasteiger partial charge is 0.253 e. The van der Waals surface area contributed by atoms with Crippen LogP contribution in [0, 0.1) is 24.6 Å². The predicted molar refractivity (Wildman–Crippen MR) is 80.0 cm³/mol. The molecule has 22 heavy (non-hydrogen) atoms. The Balaban J connectivity index is 2.16. The summed E-state index contributed by atoms with van der Waals surface area (Å²) < 4.78 is 18.8. The van der Waals surface area contributed by atoms with E-state index in [1.165, 1.54) is 6.07 Å². The van der Waals surface area contributed by atoms with Crippen molar-refractivity contribution >= 4 is 11.8 Å². The molecule has 1 aliphatic heterocycles. The van der Waals surface area contributed by atoms with Crippen molar-refractivity contribution in [3.63, 3.8) is 0 Å². The first-order valence-corrected chi connectivity index (χ1v) is 7.24. The molecule has 1 aromatic carbocycles. The maximum Gasteiger partial charge on any atom is 0.253 e. The van der Waals surface area contributed by atoms with Crippen molar-refractivity contribution in [1.82, 2.24) is 10.2 Å². The second kappa shape index (κ2) is 6.87. The van der Waals surface area contributed by atoms with Crippen LogP contribution in [0.2, 0.25) is 0 Å². The Hall–Kier alpha value is -1.95. The zero-order chi connectivity index (χ0) is 16.3. The van der Waals surface area contributed by atoms with E-state index in [4.69, 9.17) is 4.74 Å². The summed E-state index contributed by atoms with van der Waals surface area (Å²) in [5.74, 6) is -1.12. The van der Waals surface area contributed by atoms with Gasteiger partial charge in [0, 0.05) is 38.7 Å². The molecule has 0 aliphatic carbocycles. The topological polar surface area (TPSA) is 58.6 Å². The van der Waals surface area contributed by atoms with Gasteiger partial charge in [0.25, 0.3) is 5.91 Å². The highest BCUT2D eigenvalue weighted by molar-refractivity contribution is 5.95. The number of likely N-dealkylation sites (tertiary alicyclic amines) is 1. The number of amides is 2. The van der Waals surface area contributed by atoms with Crippen LogP contribution < -0.4 is 5.32 Å². The maximum absolute atomic E-state index is 13.6. The lowest BCUT2D eigenvalue weighted by Crippen LogP contribution is -2.34. The van der Waals surface area contributed by atoms with Crippen molar-refractivity contribution in [2.24, 2.45) is 11.8 Å². The lowest BCUT2D eigenvalue weighted by Gasteiger charge is -2.16. The third kappa shape index (κ3) is 3.27. The molecule has 1 aromatic rings. The maximum atomic E-state index is 13.6. The molecule has 0 spiro atoms. The number of benzene rings is 1. The molecule has 2 atom stereocenters. The van der Waals surface area contributed by atoms with Gasteiger partial charge >= 0.3 is 0 Å². The van der Waals surface area contributed by atoms with E-state index in [0.29, 0.717) is 30.8 Å². The first-order chi connectivity index (χ1) is 10.5. The van der Waals surface area contributed by atoms with Crippen LogP contribution in [-0.2, 0) is 9.53 Å². The second-order valence-corrected chi connectivity index (χ2v) is 5.61. The molecule has 5 nitrogen and oxygen atoms in total. The first kappa shape index (κ1) is 16.4. The average Bonchev–Trinajstić information content (AvgIpc) is 2.93. The molecule has 1 aliphatic rings. The molecule has 2 amide bonds. The van der Waals surface area contributed by atoms with Crippen molar-refractivity contribution in [2.75, 3.05) is 33.9 Å². The van der Waals surface area contributed by atoms with Crippen molar-refractivity contribution in [3.8, 4) is 0 Å². The van der Waals surface area contributed by atoms with Gasteiger partial charge in [-0.2, -0.15) is 0 Å². The Bertz CT molecular complexity index is 577. The van der Waals surface area contributed by atoms with Crippen LogP contribution in [0.3, 0.4) is 0 Å². The number of nitrogens with one attached hydrogen (secondary N) is 1. The minimum atomic E-state index is -0.402. The summed E-state index contributed by atoms with van der Waals surface area (Å²) in [6.07, 6.45) is 0. The van der Waals surface area contributed by atoms with Crippen LogP contribution in [0.1, 0.15) is 15.9 Å². The highest BCUT2D eigenvalue weighted by atomic mass is 19.1. The molecule has 2 rings (SSSR count). The van der Waals surface area contributed by atoms with E-state index >= 15 is 0 Å². The van der Waals surface area contributed by atoms with Gasteiger partial charge in [-0.15, -0.1) is 0 Å². The van der Waals surface area contributed by atoms with Gasteiger partial charge in [0.05, 0.1) is 12.5 Å². The number of ether oxygens (including phenoxy) is 1. The molecule has 6 heteroatoms. The fourth-order valence-electron chi connectivity index (χ4n) is 2.81. The summed E-state index contributed by atoms with van der Waals surface area (Å²) in [4.78, 5) is 26.0. The monoisotopic (exact) mass is 308 g/mol. The fraction of sp³-hybridized carbons (Fsp3) is 0.500. The van der Waals surface area contributed by atoms with Gasteiger partial charge in [-0.05, 0) is 24.6 Å². The largest absolute Gasteiger partial charge is 0.384 e. The highest BCUT2D eigenvalue weighted by Crippen LogP contribution is 2.26. The fourth-order valence-corrected chi connectivity index (χ4v) is 2.81. The molecular weight excluding hydrogens is 287 g/mol. The van der Waals surface area contributed by atoms with Crippen LogP contribution in [-0.4, -0.2) is 50.6 Å². The average molecular weight is 308 g/mol. The number of methoxy groups -OCH3 is 1. The third-order valence-electron chi connectivity index (χ3n) is 4.11. The summed E-state index contributed by atoms with van der Waals surface area (Å²) in [6.45, 7) is 2.81. The van der Waals surface area contributed by atoms with Gasteiger partial charge in [0.2, 0.25) is 5.91 Å². The first-order valence-electron chi connectivity index (χ1n) is 7.24. The number of aryl methyl sites for hydroxylation is 1. The van der Waals surface area contributed by atoms with Crippen LogP contribution in [0.4, 0.5) is 4.39 Å². The van der Waals surface area contributed by atoms with Crippen LogP contribution >= 0.6 is 0 Å². The van der Waals surface area contributed by atoms with E-state index in [2.05, 4.69) is 5.32 Å². The summed E-state index contributed by atoms with van der Waals surface area (Å²) in [6, 6.07) is 4.44. The molecular formula is C16H21FN2O3. The number of halogens is 1. The number of rotatable bonds is 4. The van der Waals surface area contributed by atoms with E-state index in [-0.39, 0.29) is 23.7 Å². The van der Waals surface area contributed by atoms with Gasteiger partial charge in [-0.3, -0.25) is 9.59 Å². The van der Waals surface area contributed by atoms with E-state index < -0.39 is 5.82 Å². The van der Waals surface area contributed by atoms with Crippen molar-refractivity contribution in [1.29, 1.82) is 0 Å². The minimum Gasteiger partial charge on any atom is -0.384 e. The molecule has 120 valence electrons. The quantitative estimate of drug-likeness (QED) is 0.910. The standard InChI is InChI=1S/C16H21FN2O3/c1-10-4-5-11(6-14(10)17)16(21)19-7-12(9-22-3)13(8-19)15(20)18-2/h4-6,12-13H,7-9H2,1-3H3,(H,18,20)/t12-,13+/m0/s1. The Morgan fingerprint density at radius 2 is 2.14 bits per heavy atom. The summed E-state index contributed by atoms with van der Waals surface area (Å²) in [5.41, 5.74) is 0.801. The zero-order valence-electron chi connectivity index (χ0n) is 13.1. The normalized spacial score (nSPS) is 21.0. The lowest BCUT2D eigenvalue weighted by atomic mass is 9.96. The number of carbonyl (C=O) groups is 2. The van der Waals surface area contributed by atoms with Gasteiger partial charge in [-0.1, -0.05) is 6.07 Å². The highest BCUT2D eigenvalue weighted by Gasteiger charge is 2.39. The number of hydrogen-bond acceptors (Lipinski definition) is 3. The van der Waals surface area contributed by atoms with Crippen molar-refractivity contribution < 1.29 is 18.7 Å². The zero-order valence-corrected chi connectivity index (χ0v) is 13.1. The molecule has 0 saturated carbocycles. The molecule has 0 aromatic heterocycles. The van der Waals surface area contributed by atoms with Gasteiger partial charge in [-0.25, -0.2) is 4.39 Å². The summed E-state index contributed by atoms with van der Waals surface area (Å²) >= 11 is 0. The number of nitrogens with zero attached hydrogens (tertiary/aromatic N) is 1. The van der Waals surface area contributed by atoms with E-state index in [1.807, 2.05) is 0 Å². The molecule has 0 radical (unpaired) electrons. The van der Waals surface area contributed by atoms with Gasteiger partial charge < -0.3 is 15.0 Å². The Morgan fingerprint density at radius 3 is 2.73 bits per heavy atom. The second-order valence-electron chi connectivity index (χ2n) is 5.61. The van der Waals surface area contributed by atoms with Crippen molar-refractivity contribution in [3.05, 3.63) is 35.1 Å². The molecule has 1 heterocycles.